The van der Waals surface area contributed by atoms with Crippen LogP contribution < -0.4 is 0 Å². The predicted octanol–water partition coefficient (Wildman–Crippen LogP) is 19.2. The molecule has 0 spiro atoms. The van der Waals surface area contributed by atoms with Crippen molar-refractivity contribution < 1.29 is 28.6 Å². The number of esters is 3. The maximum Gasteiger partial charge on any atom is 0.306 e. The largest absolute Gasteiger partial charge is 0.462 e. The van der Waals surface area contributed by atoms with Crippen molar-refractivity contribution in [2.75, 3.05) is 13.2 Å². The maximum absolute atomic E-state index is 12.9. The summed E-state index contributed by atoms with van der Waals surface area (Å²) in [5, 5.41) is 0. The lowest BCUT2D eigenvalue weighted by Gasteiger charge is -2.18. The van der Waals surface area contributed by atoms with Gasteiger partial charge in [-0.25, -0.2) is 0 Å². The van der Waals surface area contributed by atoms with Gasteiger partial charge in [-0.15, -0.1) is 0 Å². The Kier molecular flexibility index (Phi) is 54.0. The highest BCUT2D eigenvalue weighted by Gasteiger charge is 2.19. The van der Waals surface area contributed by atoms with E-state index in [1.807, 2.05) is 12.2 Å². The first kappa shape index (κ1) is 66.3. The molecule has 6 nitrogen and oxygen atoms in total. The summed E-state index contributed by atoms with van der Waals surface area (Å²) in [7, 11) is 0. The molecule has 1 atom stereocenters. The molecule has 0 aliphatic heterocycles. The van der Waals surface area contributed by atoms with E-state index in [1.165, 1.54) is 51.4 Å². The number of rotatable bonds is 49. The molecule has 6 heteroatoms. The normalized spacial score (nSPS) is 13.2. The predicted molar refractivity (Wildman–Crippen MR) is 306 cm³/mol. The van der Waals surface area contributed by atoms with Crippen LogP contribution in [-0.2, 0) is 28.6 Å². The first-order chi connectivity index (χ1) is 35.0. The summed E-state index contributed by atoms with van der Waals surface area (Å²) in [4.78, 5) is 38.1. The first-order valence-electron chi connectivity index (χ1n) is 28.3. The van der Waals surface area contributed by atoms with E-state index in [4.69, 9.17) is 14.2 Å². The Morgan fingerprint density at radius 3 is 0.944 bits per heavy atom. The van der Waals surface area contributed by atoms with Gasteiger partial charge in [0, 0.05) is 19.3 Å². The Bertz CT molecular complexity index is 1590. The van der Waals surface area contributed by atoms with E-state index in [0.717, 1.165) is 128 Å². The summed E-state index contributed by atoms with van der Waals surface area (Å²) < 4.78 is 16.8. The third-order valence-corrected chi connectivity index (χ3v) is 11.3. The average Bonchev–Trinajstić information content (AvgIpc) is 3.37. The van der Waals surface area contributed by atoms with Crippen LogP contribution >= 0.6 is 0 Å². The summed E-state index contributed by atoms with van der Waals surface area (Å²) in [5.41, 5.74) is 0. The van der Waals surface area contributed by atoms with E-state index in [9.17, 15) is 14.4 Å². The second-order valence-corrected chi connectivity index (χ2v) is 18.1. The molecule has 0 aliphatic rings. The molecule has 0 unspecified atom stereocenters. The SMILES string of the molecule is CC/C=C\C/C=C\C/C=C\C/C=C\C/C=C\C/C=C\CCC(=O)OC[C@H](COC(=O)CCCCCCCCC/C=C\C/C=C\CCCCC)OC(=O)CCCCCC/C=C\C/C=C\C/C=C\C/C=C\CC. The lowest BCUT2D eigenvalue weighted by atomic mass is 10.1. The fourth-order valence-corrected chi connectivity index (χ4v) is 7.13. The van der Waals surface area contributed by atoms with Crippen LogP contribution in [0.4, 0.5) is 0 Å². The Morgan fingerprint density at radius 2 is 0.577 bits per heavy atom. The number of hydrogen-bond acceptors (Lipinski definition) is 6. The van der Waals surface area contributed by atoms with Gasteiger partial charge in [-0.1, -0.05) is 224 Å². The minimum atomic E-state index is -0.832. The van der Waals surface area contributed by atoms with Crippen LogP contribution in [0.15, 0.2) is 146 Å². The van der Waals surface area contributed by atoms with Gasteiger partial charge >= 0.3 is 17.9 Å². The maximum atomic E-state index is 12.9. The van der Waals surface area contributed by atoms with Crippen LogP contribution in [0.25, 0.3) is 0 Å². The van der Waals surface area contributed by atoms with Crippen molar-refractivity contribution in [1.82, 2.24) is 0 Å². The molecule has 398 valence electrons. The molecule has 0 aromatic carbocycles. The van der Waals surface area contributed by atoms with E-state index in [1.54, 1.807) is 0 Å². The van der Waals surface area contributed by atoms with E-state index in [0.29, 0.717) is 12.8 Å². The van der Waals surface area contributed by atoms with Gasteiger partial charge in [0.2, 0.25) is 0 Å². The van der Waals surface area contributed by atoms with Crippen molar-refractivity contribution in [3.8, 4) is 0 Å². The standard InChI is InChI=1S/C65H102O6/c1-4-7-10-13-16-19-22-25-28-31-32-35-37-40-43-46-49-52-55-58-64(67)70-61-62(71-65(68)59-56-53-50-47-44-41-38-34-30-27-24-21-18-15-12-9-6-3)60-69-63(66)57-54-51-48-45-42-39-36-33-29-26-23-20-17-14-11-8-5-2/h7,9-10,12,16-21,25-30,32,35,38,40-41,43,49,52,62H,4-6,8,11,13-15,22-24,31,33-34,36-37,39,42,44-48,50-51,53-61H2,1-3H3/b10-7-,12-9-,19-16-,20-17-,21-18-,28-25-,29-26-,30-27-,35-32-,41-38-,43-40-,52-49-/t62-/m0/s1. The zero-order valence-electron chi connectivity index (χ0n) is 45.4. The van der Waals surface area contributed by atoms with Crippen molar-refractivity contribution in [2.24, 2.45) is 0 Å². The fourth-order valence-electron chi connectivity index (χ4n) is 7.13. The van der Waals surface area contributed by atoms with Crippen LogP contribution in [-0.4, -0.2) is 37.2 Å². The Balaban J connectivity index is 4.59. The zero-order chi connectivity index (χ0) is 51.4. The van der Waals surface area contributed by atoms with Gasteiger partial charge in [0.1, 0.15) is 13.2 Å². The summed E-state index contributed by atoms with van der Waals surface area (Å²) in [6.45, 7) is 6.28. The quantitative estimate of drug-likeness (QED) is 0.0262. The van der Waals surface area contributed by atoms with Crippen molar-refractivity contribution in [3.05, 3.63) is 146 Å². The molecular formula is C65H102O6. The van der Waals surface area contributed by atoms with Gasteiger partial charge in [-0.2, -0.15) is 0 Å². The van der Waals surface area contributed by atoms with Crippen LogP contribution in [0, 0.1) is 0 Å². The number of carbonyl (C=O) groups excluding carboxylic acids is 3. The first-order valence-corrected chi connectivity index (χ1v) is 28.3. The molecule has 0 aromatic rings. The van der Waals surface area contributed by atoms with Gasteiger partial charge < -0.3 is 14.2 Å². The topological polar surface area (TPSA) is 78.9 Å². The Morgan fingerprint density at radius 1 is 0.296 bits per heavy atom. The molecule has 0 bridgehead atoms. The van der Waals surface area contributed by atoms with Gasteiger partial charge in [-0.05, 0) is 128 Å². The average molecular weight is 980 g/mol. The zero-order valence-corrected chi connectivity index (χ0v) is 45.4. The smallest absolute Gasteiger partial charge is 0.306 e. The summed E-state index contributed by atoms with van der Waals surface area (Å²) in [6, 6.07) is 0. The lowest BCUT2D eigenvalue weighted by Crippen LogP contribution is -2.30. The molecule has 0 rings (SSSR count). The molecule has 0 saturated carbocycles. The number of unbranched alkanes of at least 4 members (excludes halogenated alkanes) is 14. The highest BCUT2D eigenvalue weighted by molar-refractivity contribution is 5.71. The monoisotopic (exact) mass is 979 g/mol. The van der Waals surface area contributed by atoms with E-state index in [-0.39, 0.29) is 44.0 Å². The van der Waals surface area contributed by atoms with Gasteiger partial charge in [-0.3, -0.25) is 14.4 Å². The molecule has 71 heavy (non-hydrogen) atoms. The van der Waals surface area contributed by atoms with Crippen molar-refractivity contribution in [3.63, 3.8) is 0 Å². The minimum Gasteiger partial charge on any atom is -0.462 e. The molecule has 0 saturated heterocycles. The lowest BCUT2D eigenvalue weighted by molar-refractivity contribution is -0.166. The number of allylic oxidation sites excluding steroid dienone is 24. The van der Waals surface area contributed by atoms with Gasteiger partial charge in [0.05, 0.1) is 0 Å². The summed E-state index contributed by atoms with van der Waals surface area (Å²) >= 11 is 0. The van der Waals surface area contributed by atoms with Crippen molar-refractivity contribution >= 4 is 17.9 Å². The highest BCUT2D eigenvalue weighted by atomic mass is 16.6. The van der Waals surface area contributed by atoms with Crippen LogP contribution in [0.3, 0.4) is 0 Å². The molecule has 0 N–H and O–H groups in total. The molecular weight excluding hydrogens is 877 g/mol. The number of carbonyl (C=O) groups is 3. The molecule has 0 aromatic heterocycles. The van der Waals surface area contributed by atoms with Crippen molar-refractivity contribution in [2.45, 2.75) is 232 Å². The molecule has 0 amide bonds. The fraction of sp³-hybridized carbons (Fsp3) is 0.585. The van der Waals surface area contributed by atoms with Crippen LogP contribution in [0.5, 0.6) is 0 Å². The third-order valence-electron chi connectivity index (χ3n) is 11.3. The van der Waals surface area contributed by atoms with E-state index < -0.39 is 6.10 Å². The molecule has 0 radical (unpaired) electrons. The Labute approximate surface area is 436 Å². The van der Waals surface area contributed by atoms with Crippen LogP contribution in [0.2, 0.25) is 0 Å². The second kappa shape index (κ2) is 57.9. The van der Waals surface area contributed by atoms with Crippen LogP contribution in [0.1, 0.15) is 226 Å². The Hall–Kier alpha value is -4.71. The summed E-state index contributed by atoms with van der Waals surface area (Å²) in [5.74, 6) is -1.05. The van der Waals surface area contributed by atoms with E-state index in [2.05, 4.69) is 154 Å². The second-order valence-electron chi connectivity index (χ2n) is 18.1. The van der Waals surface area contributed by atoms with Gasteiger partial charge in [0.25, 0.3) is 0 Å². The highest BCUT2D eigenvalue weighted by Crippen LogP contribution is 2.13. The molecule has 0 aliphatic carbocycles. The number of ether oxygens (including phenoxy) is 3. The number of hydrogen-bond donors (Lipinski definition) is 0. The molecule has 0 fully saturated rings. The van der Waals surface area contributed by atoms with Crippen molar-refractivity contribution in [1.29, 1.82) is 0 Å². The van der Waals surface area contributed by atoms with Gasteiger partial charge in [0.15, 0.2) is 6.10 Å². The minimum absolute atomic E-state index is 0.121. The molecule has 0 heterocycles. The third kappa shape index (κ3) is 56.1. The summed E-state index contributed by atoms with van der Waals surface area (Å²) in [6.07, 6.45) is 82.7. The van der Waals surface area contributed by atoms with E-state index >= 15 is 0 Å².